The molecule has 2 aromatic rings. The van der Waals surface area contributed by atoms with Gasteiger partial charge in [0.1, 0.15) is 12.4 Å². The number of halogens is 3. The predicted octanol–water partition coefficient (Wildman–Crippen LogP) is 1.08. The minimum absolute atomic E-state index is 0.0183. The first kappa shape index (κ1) is 22.0. The quantitative estimate of drug-likeness (QED) is 0.673. The Morgan fingerprint density at radius 2 is 1.97 bits per heavy atom. The van der Waals surface area contributed by atoms with Crippen LogP contribution in [0.25, 0.3) is 11.3 Å². The molecule has 32 heavy (non-hydrogen) atoms. The predicted molar refractivity (Wildman–Crippen MR) is 105 cm³/mol. The highest BCUT2D eigenvalue weighted by atomic mass is 19.4. The number of morpholine rings is 1. The normalized spacial score (nSPS) is 19.4. The zero-order valence-corrected chi connectivity index (χ0v) is 16.7. The lowest BCUT2D eigenvalue weighted by Crippen LogP contribution is -2.39. The van der Waals surface area contributed by atoms with Crippen LogP contribution in [0.3, 0.4) is 0 Å². The van der Waals surface area contributed by atoms with Crippen molar-refractivity contribution in [2.45, 2.75) is 18.6 Å². The Bertz CT molecular complexity index is 1000. The second-order valence-corrected chi connectivity index (χ2v) is 7.11. The molecule has 3 N–H and O–H groups in total. The van der Waals surface area contributed by atoms with Gasteiger partial charge in [0.25, 0.3) is 0 Å². The number of alkyl halides is 3. The van der Waals surface area contributed by atoms with Crippen molar-refractivity contribution in [3.05, 3.63) is 18.0 Å². The van der Waals surface area contributed by atoms with Gasteiger partial charge < -0.3 is 25.2 Å². The average molecular weight is 455 g/mol. The maximum atomic E-state index is 13.7. The number of aliphatic hydroxyl groups is 1. The molecule has 0 spiro atoms. The van der Waals surface area contributed by atoms with Crippen molar-refractivity contribution in [1.82, 2.24) is 19.9 Å². The second kappa shape index (κ2) is 8.70. The van der Waals surface area contributed by atoms with E-state index in [-0.39, 0.29) is 37.1 Å². The molecule has 2 fully saturated rings. The number of nitrogens with zero attached hydrogens (tertiary/aromatic N) is 6. The van der Waals surface area contributed by atoms with Crippen molar-refractivity contribution in [2.75, 3.05) is 55.1 Å². The van der Waals surface area contributed by atoms with Gasteiger partial charge in [-0.1, -0.05) is 0 Å². The fourth-order valence-corrected chi connectivity index (χ4v) is 3.49. The van der Waals surface area contributed by atoms with Crippen LogP contribution in [0.4, 0.5) is 35.7 Å². The van der Waals surface area contributed by atoms with Crippen LogP contribution >= 0.6 is 0 Å². The molecule has 1 atom stereocenters. The summed E-state index contributed by atoms with van der Waals surface area (Å²) in [6.45, 7) is 1.41. The van der Waals surface area contributed by atoms with E-state index >= 15 is 0 Å². The summed E-state index contributed by atoms with van der Waals surface area (Å²) in [5, 5.41) is 9.32. The summed E-state index contributed by atoms with van der Waals surface area (Å²) in [6.07, 6.45) is -4.39. The van der Waals surface area contributed by atoms with Gasteiger partial charge >= 0.3 is 12.3 Å². The minimum Gasteiger partial charge on any atom is -0.447 e. The van der Waals surface area contributed by atoms with E-state index < -0.39 is 35.5 Å². The molecular weight excluding hydrogens is 435 g/mol. The number of nitrogen functional groups attached to an aromatic ring is 1. The molecule has 14 heteroatoms. The lowest BCUT2D eigenvalue weighted by Gasteiger charge is -2.28. The number of carbonyl (C=O) groups is 1. The van der Waals surface area contributed by atoms with Gasteiger partial charge in [0.05, 0.1) is 24.9 Å². The van der Waals surface area contributed by atoms with Crippen molar-refractivity contribution in [2.24, 2.45) is 0 Å². The molecule has 172 valence electrons. The Morgan fingerprint density at radius 1 is 1.22 bits per heavy atom. The van der Waals surface area contributed by atoms with Crippen molar-refractivity contribution in [3.8, 4) is 11.3 Å². The first-order valence-corrected chi connectivity index (χ1v) is 9.76. The number of rotatable bonds is 5. The first-order chi connectivity index (χ1) is 15.3. The molecule has 2 aliphatic heterocycles. The van der Waals surface area contributed by atoms with E-state index in [0.717, 1.165) is 6.20 Å². The number of aromatic nitrogens is 4. The summed E-state index contributed by atoms with van der Waals surface area (Å²) >= 11 is 0. The summed E-state index contributed by atoms with van der Waals surface area (Å²) in [6, 6.07) is 0.711. The Morgan fingerprint density at radius 3 is 2.66 bits per heavy atom. The zero-order valence-electron chi connectivity index (χ0n) is 16.7. The number of aliphatic hydroxyl groups excluding tert-OH is 1. The Kier molecular flexibility index (Phi) is 5.97. The number of ether oxygens (including phenoxy) is 2. The lowest BCUT2D eigenvalue weighted by molar-refractivity contribution is -0.140. The molecule has 11 nitrogen and oxygen atoms in total. The monoisotopic (exact) mass is 455 g/mol. The zero-order chi connectivity index (χ0) is 22.9. The highest BCUT2D eigenvalue weighted by molar-refractivity contribution is 5.90. The molecule has 1 amide bonds. The van der Waals surface area contributed by atoms with E-state index in [2.05, 4.69) is 19.9 Å². The van der Waals surface area contributed by atoms with Gasteiger partial charge in [0.2, 0.25) is 11.9 Å². The van der Waals surface area contributed by atoms with Crippen molar-refractivity contribution < 1.29 is 32.5 Å². The summed E-state index contributed by atoms with van der Waals surface area (Å²) in [7, 11) is 0. The number of hydrogen-bond donors (Lipinski definition) is 2. The van der Waals surface area contributed by atoms with Crippen LogP contribution in [0, 0.1) is 0 Å². The second-order valence-electron chi connectivity index (χ2n) is 7.11. The van der Waals surface area contributed by atoms with E-state index in [1.165, 1.54) is 11.0 Å². The van der Waals surface area contributed by atoms with Gasteiger partial charge in [0.15, 0.2) is 5.69 Å². The van der Waals surface area contributed by atoms with Crippen molar-refractivity contribution in [3.63, 3.8) is 0 Å². The van der Waals surface area contributed by atoms with E-state index in [1.807, 2.05) is 0 Å². The molecule has 0 bridgehead atoms. The van der Waals surface area contributed by atoms with Gasteiger partial charge in [-0.05, 0) is 6.42 Å². The Labute approximate surface area is 180 Å². The van der Waals surface area contributed by atoms with Gasteiger partial charge in [0, 0.05) is 37.5 Å². The maximum absolute atomic E-state index is 13.7. The minimum atomic E-state index is -4.82. The standard InChI is InChI=1S/C18H20F3N7O4/c19-18(20,21)14-11(8-23-15(22)26-14)12-7-13(28-10(1-4-29)9-32-17(28)30)25-16(24-12)27-2-5-31-6-3-27/h7-8,10,29H,1-6,9H2,(H2,22,23,26). The van der Waals surface area contributed by atoms with Gasteiger partial charge in [-0.15, -0.1) is 0 Å². The van der Waals surface area contributed by atoms with Crippen LogP contribution in [-0.2, 0) is 15.7 Å². The van der Waals surface area contributed by atoms with E-state index in [1.54, 1.807) is 4.90 Å². The molecule has 0 aliphatic carbocycles. The third-order valence-corrected chi connectivity index (χ3v) is 5.02. The highest BCUT2D eigenvalue weighted by Crippen LogP contribution is 2.37. The molecule has 4 rings (SSSR count). The SMILES string of the molecule is Nc1ncc(-c2cc(N3C(=O)OCC3CCO)nc(N3CCOCC3)n2)c(C(F)(F)F)n1. The summed E-state index contributed by atoms with van der Waals surface area (Å²) < 4.78 is 51.4. The number of nitrogens with two attached hydrogens (primary N) is 1. The number of hydrogen-bond acceptors (Lipinski definition) is 10. The molecule has 4 heterocycles. The van der Waals surface area contributed by atoms with Crippen LogP contribution in [0.15, 0.2) is 12.3 Å². The summed E-state index contributed by atoms with van der Waals surface area (Å²) in [4.78, 5) is 31.1. The number of anilines is 3. The molecule has 2 saturated heterocycles. The van der Waals surface area contributed by atoms with Crippen LogP contribution in [-0.4, -0.2) is 76.7 Å². The first-order valence-electron chi connectivity index (χ1n) is 9.76. The van der Waals surface area contributed by atoms with Crippen LogP contribution < -0.4 is 15.5 Å². The average Bonchev–Trinajstić information content (AvgIpc) is 3.13. The van der Waals surface area contributed by atoms with Gasteiger partial charge in [-0.2, -0.15) is 18.2 Å². The van der Waals surface area contributed by atoms with Crippen molar-refractivity contribution >= 4 is 23.8 Å². The molecular formula is C18H20F3N7O4. The molecule has 0 radical (unpaired) electrons. The topological polar surface area (TPSA) is 140 Å². The fraction of sp³-hybridized carbons (Fsp3) is 0.500. The Balaban J connectivity index is 1.86. The fourth-order valence-electron chi connectivity index (χ4n) is 3.49. The molecule has 2 aliphatic rings. The van der Waals surface area contributed by atoms with Gasteiger partial charge in [-0.25, -0.2) is 19.7 Å². The molecule has 0 aromatic carbocycles. The molecule has 0 saturated carbocycles. The number of amides is 1. The van der Waals surface area contributed by atoms with Crippen LogP contribution in [0.5, 0.6) is 0 Å². The smallest absolute Gasteiger partial charge is 0.434 e. The largest absolute Gasteiger partial charge is 0.447 e. The van der Waals surface area contributed by atoms with Crippen LogP contribution in [0.2, 0.25) is 0 Å². The maximum Gasteiger partial charge on any atom is 0.434 e. The van der Waals surface area contributed by atoms with Crippen LogP contribution in [0.1, 0.15) is 12.1 Å². The summed E-state index contributed by atoms with van der Waals surface area (Å²) in [5.41, 5.74) is 3.59. The van der Waals surface area contributed by atoms with Crippen molar-refractivity contribution in [1.29, 1.82) is 0 Å². The number of cyclic esters (lactones) is 1. The Hall–Kier alpha value is -3.26. The molecule has 2 aromatic heterocycles. The van der Waals surface area contributed by atoms with E-state index in [0.29, 0.717) is 26.3 Å². The highest BCUT2D eigenvalue weighted by Gasteiger charge is 2.39. The third kappa shape index (κ3) is 4.36. The third-order valence-electron chi connectivity index (χ3n) is 5.02. The number of carbonyl (C=O) groups excluding carboxylic acids is 1. The van der Waals surface area contributed by atoms with E-state index in [9.17, 15) is 23.1 Å². The summed E-state index contributed by atoms with van der Waals surface area (Å²) in [5.74, 6) is -0.370. The van der Waals surface area contributed by atoms with Gasteiger partial charge in [-0.3, -0.25) is 4.90 Å². The van der Waals surface area contributed by atoms with E-state index in [4.69, 9.17) is 15.2 Å². The lowest BCUT2D eigenvalue weighted by atomic mass is 10.1. The molecule has 1 unspecified atom stereocenters.